The largest absolute Gasteiger partial charge is 0.309 e. The molecule has 12 rings (SSSR count). The lowest BCUT2D eigenvalue weighted by atomic mass is 9.63. The molecule has 8 aromatic carbocycles. The highest BCUT2D eigenvalue weighted by Gasteiger charge is 2.38. The molecule has 3 aromatic heterocycles. The number of hydrogen-bond acceptors (Lipinski definition) is 4. The zero-order valence-electron chi connectivity index (χ0n) is 34.1. The van der Waals surface area contributed by atoms with Crippen LogP contribution in [0.4, 0.5) is 0 Å². The summed E-state index contributed by atoms with van der Waals surface area (Å²) in [5.41, 5.74) is 9.50. The van der Waals surface area contributed by atoms with Gasteiger partial charge in [-0.2, -0.15) is 0 Å². The second-order valence-corrected chi connectivity index (χ2v) is 18.9. The van der Waals surface area contributed by atoms with Crippen molar-refractivity contribution in [1.29, 1.82) is 0 Å². The predicted molar refractivity (Wildman–Crippen MR) is 254 cm³/mol. The minimum absolute atomic E-state index is 0.0543. The first-order chi connectivity index (χ1) is 29.2. The van der Waals surface area contributed by atoms with E-state index in [1.54, 1.807) is 11.3 Å². The van der Waals surface area contributed by atoms with Crippen molar-refractivity contribution in [2.75, 3.05) is 0 Å². The number of hydrogen-bond donors (Lipinski definition) is 0. The minimum Gasteiger partial charge on any atom is -0.309 e. The maximum atomic E-state index is 5.33. The molecule has 0 radical (unpaired) electrons. The number of rotatable bonds is 4. The molecule has 0 fully saturated rings. The van der Waals surface area contributed by atoms with Crippen LogP contribution in [0.3, 0.4) is 0 Å². The predicted octanol–water partition coefficient (Wildman–Crippen LogP) is 15.0. The van der Waals surface area contributed by atoms with Crippen LogP contribution in [0.1, 0.15) is 51.7 Å². The first kappa shape index (κ1) is 35.3. The van der Waals surface area contributed by atoms with Gasteiger partial charge in [0.1, 0.15) is 0 Å². The van der Waals surface area contributed by atoms with Gasteiger partial charge in [-0.15, -0.1) is 11.3 Å². The summed E-state index contributed by atoms with van der Waals surface area (Å²) in [5.74, 6) is 1.98. The van der Waals surface area contributed by atoms with Gasteiger partial charge < -0.3 is 4.57 Å². The van der Waals surface area contributed by atoms with E-state index in [-0.39, 0.29) is 10.8 Å². The molecule has 11 aromatic rings. The van der Waals surface area contributed by atoms with Gasteiger partial charge in [-0.25, -0.2) is 15.0 Å². The first-order valence-corrected chi connectivity index (χ1v) is 21.8. The van der Waals surface area contributed by atoms with Gasteiger partial charge >= 0.3 is 0 Å². The lowest BCUT2D eigenvalue weighted by Gasteiger charge is -2.42. The van der Waals surface area contributed by atoms with Crippen molar-refractivity contribution in [3.8, 4) is 39.9 Å². The van der Waals surface area contributed by atoms with Gasteiger partial charge in [0.05, 0.1) is 11.0 Å². The highest BCUT2D eigenvalue weighted by Crippen LogP contribution is 2.50. The Morgan fingerprint density at radius 1 is 0.467 bits per heavy atom. The summed E-state index contributed by atoms with van der Waals surface area (Å²) >= 11 is 1.80. The zero-order chi connectivity index (χ0) is 40.3. The molecular weight excluding hydrogens is 749 g/mol. The molecule has 288 valence electrons. The third kappa shape index (κ3) is 5.25. The number of benzene rings is 8. The van der Waals surface area contributed by atoms with Crippen LogP contribution in [0.2, 0.25) is 0 Å². The van der Waals surface area contributed by atoms with E-state index in [0.717, 1.165) is 28.8 Å². The van der Waals surface area contributed by atoms with Gasteiger partial charge in [0, 0.05) is 58.7 Å². The standard InChI is InChI=1S/C55H42N4S/c1-54(2)28-29-55(3,4)45-32-46-43(31-44(45)54)48-39-23-10-8-20-36(39)37-21-9-11-24-40(37)49(48)59(46)35-19-14-18-34(30-35)52-56-51(33-16-6-5-7-17-33)57-53(58-52)42-26-15-25-41-38-22-12-13-27-47(38)60-50(41)42/h5-27,30-32H,28-29H2,1-4H3. The van der Waals surface area contributed by atoms with E-state index < -0.39 is 0 Å². The van der Waals surface area contributed by atoms with E-state index in [1.165, 1.54) is 81.1 Å². The maximum absolute atomic E-state index is 5.33. The Morgan fingerprint density at radius 2 is 1.03 bits per heavy atom. The summed E-state index contributed by atoms with van der Waals surface area (Å²) in [6, 6.07) is 57.2. The molecule has 5 heteroatoms. The van der Waals surface area contributed by atoms with E-state index in [4.69, 9.17) is 15.0 Å². The Bertz CT molecular complexity index is 3550. The molecule has 0 amide bonds. The first-order valence-electron chi connectivity index (χ1n) is 21.0. The van der Waals surface area contributed by atoms with E-state index in [2.05, 4.69) is 172 Å². The zero-order valence-corrected chi connectivity index (χ0v) is 34.9. The van der Waals surface area contributed by atoms with Gasteiger partial charge in [0.2, 0.25) is 0 Å². The number of fused-ring (bicyclic) bond motifs is 12. The Hall–Kier alpha value is -6.69. The van der Waals surface area contributed by atoms with Gasteiger partial charge in [-0.05, 0) is 87.4 Å². The number of thiophene rings is 1. The summed E-state index contributed by atoms with van der Waals surface area (Å²) in [7, 11) is 0. The highest BCUT2D eigenvalue weighted by molar-refractivity contribution is 7.26. The Morgan fingerprint density at radius 3 is 1.80 bits per heavy atom. The van der Waals surface area contributed by atoms with Crippen molar-refractivity contribution < 1.29 is 0 Å². The summed E-state index contributed by atoms with van der Waals surface area (Å²) in [4.78, 5) is 15.7. The van der Waals surface area contributed by atoms with Crippen LogP contribution in [-0.4, -0.2) is 19.5 Å². The topological polar surface area (TPSA) is 43.6 Å². The molecule has 0 bridgehead atoms. The molecule has 0 saturated heterocycles. The van der Waals surface area contributed by atoms with Crippen molar-refractivity contribution in [2.45, 2.75) is 51.4 Å². The molecule has 4 nitrogen and oxygen atoms in total. The van der Waals surface area contributed by atoms with Crippen molar-refractivity contribution in [3.63, 3.8) is 0 Å². The third-order valence-corrected chi connectivity index (χ3v) is 14.5. The molecule has 60 heavy (non-hydrogen) atoms. The van der Waals surface area contributed by atoms with Crippen molar-refractivity contribution in [2.24, 2.45) is 0 Å². The quantitative estimate of drug-likeness (QED) is 0.167. The maximum Gasteiger partial charge on any atom is 0.165 e. The molecule has 1 aliphatic rings. The minimum atomic E-state index is 0.0543. The van der Waals surface area contributed by atoms with Crippen LogP contribution in [0.25, 0.3) is 103 Å². The van der Waals surface area contributed by atoms with E-state index in [9.17, 15) is 0 Å². The summed E-state index contributed by atoms with van der Waals surface area (Å²) in [6.07, 6.45) is 2.32. The number of aromatic nitrogens is 4. The second kappa shape index (κ2) is 12.9. The monoisotopic (exact) mass is 790 g/mol. The van der Waals surface area contributed by atoms with Gasteiger partial charge in [0.15, 0.2) is 17.5 Å². The van der Waals surface area contributed by atoms with Crippen molar-refractivity contribution in [1.82, 2.24) is 19.5 Å². The summed E-state index contributed by atoms with van der Waals surface area (Å²) in [6.45, 7) is 9.70. The fourth-order valence-electron chi connectivity index (χ4n) is 10.1. The molecule has 3 heterocycles. The van der Waals surface area contributed by atoms with Crippen LogP contribution in [0.5, 0.6) is 0 Å². The molecule has 0 atom stereocenters. The molecule has 0 saturated carbocycles. The van der Waals surface area contributed by atoms with Gasteiger partial charge in [-0.3, -0.25) is 0 Å². The SMILES string of the molecule is CC1(C)CCC(C)(C)c2cc3c(cc21)c1c2ccccc2c2ccccc2c1n3-c1cccc(-c2nc(-c3ccccc3)nc(-c3cccc4c3sc3ccccc34)n2)c1. The van der Waals surface area contributed by atoms with Crippen LogP contribution in [-0.2, 0) is 10.8 Å². The third-order valence-electron chi connectivity index (χ3n) is 13.3. The molecular formula is C55H42N4S. The van der Waals surface area contributed by atoms with Crippen molar-refractivity contribution >= 4 is 74.9 Å². The molecule has 1 aliphatic carbocycles. The normalized spacial score (nSPS) is 14.8. The highest BCUT2D eigenvalue weighted by atomic mass is 32.1. The molecule has 0 aliphatic heterocycles. The Balaban J connectivity index is 1.15. The number of nitrogens with zero attached hydrogens (tertiary/aromatic N) is 4. The lowest BCUT2D eigenvalue weighted by Crippen LogP contribution is -2.33. The fourth-order valence-corrected chi connectivity index (χ4v) is 11.3. The molecule has 0 N–H and O–H groups in total. The lowest BCUT2D eigenvalue weighted by molar-refractivity contribution is 0.332. The van der Waals surface area contributed by atoms with Crippen LogP contribution in [0.15, 0.2) is 158 Å². The van der Waals surface area contributed by atoms with E-state index in [1.807, 2.05) is 18.2 Å². The molecule has 0 unspecified atom stereocenters. The van der Waals surface area contributed by atoms with Crippen LogP contribution >= 0.6 is 11.3 Å². The average molecular weight is 791 g/mol. The van der Waals surface area contributed by atoms with Crippen LogP contribution < -0.4 is 0 Å². The average Bonchev–Trinajstić information content (AvgIpc) is 3.84. The van der Waals surface area contributed by atoms with E-state index in [0.29, 0.717) is 17.5 Å². The smallest absolute Gasteiger partial charge is 0.165 e. The van der Waals surface area contributed by atoms with E-state index >= 15 is 0 Å². The fraction of sp³-hybridized carbons (Fsp3) is 0.145. The summed E-state index contributed by atoms with van der Waals surface area (Å²) in [5, 5.41) is 10.1. The van der Waals surface area contributed by atoms with Gasteiger partial charge in [-0.1, -0.05) is 149 Å². The second-order valence-electron chi connectivity index (χ2n) is 17.8. The van der Waals surface area contributed by atoms with Crippen LogP contribution in [0, 0.1) is 0 Å². The Labute approximate surface area is 352 Å². The van der Waals surface area contributed by atoms with Gasteiger partial charge in [0.25, 0.3) is 0 Å². The summed E-state index contributed by atoms with van der Waals surface area (Å²) < 4.78 is 4.96. The van der Waals surface area contributed by atoms with Crippen molar-refractivity contribution in [3.05, 3.63) is 169 Å². The Kier molecular flexibility index (Phi) is 7.59. The molecule has 0 spiro atoms.